The molecule has 2 unspecified atom stereocenters. The van der Waals surface area contributed by atoms with Crippen LogP contribution in [0.4, 0.5) is 8.78 Å². The highest BCUT2D eigenvalue weighted by atomic mass is 32.2. The van der Waals surface area contributed by atoms with Gasteiger partial charge in [-0.25, -0.2) is 4.79 Å². The van der Waals surface area contributed by atoms with Crippen LogP contribution in [0.3, 0.4) is 0 Å². The third-order valence-corrected chi connectivity index (χ3v) is 7.58. The van der Waals surface area contributed by atoms with E-state index in [2.05, 4.69) is 19.6 Å². The number of carbonyl (C=O) groups is 1. The molecule has 4 fully saturated rings. The van der Waals surface area contributed by atoms with Gasteiger partial charge in [-0.15, -0.1) is 0 Å². The van der Waals surface area contributed by atoms with Gasteiger partial charge in [0, 0.05) is 5.41 Å². The number of carbonyl (C=O) groups excluding carboxylic acids is 1. The molecular weight excluding hydrogens is 386 g/mol. The number of ether oxygens (including phenoxy) is 1. The molecule has 0 aliphatic heterocycles. The Kier molecular flexibility index (Phi) is 4.62. The van der Waals surface area contributed by atoms with E-state index in [0.717, 1.165) is 32.1 Å². The minimum Gasteiger partial charge on any atom is -0.460 e. The van der Waals surface area contributed by atoms with Crippen LogP contribution in [0.25, 0.3) is 0 Å². The summed E-state index contributed by atoms with van der Waals surface area (Å²) in [4.78, 5) is 11.6. The van der Waals surface area contributed by atoms with Crippen molar-refractivity contribution < 1.29 is 35.7 Å². The average molecular weight is 413 g/mol. The topological polar surface area (TPSA) is 89.9 Å². The summed E-state index contributed by atoms with van der Waals surface area (Å²) in [6.45, 7) is 6.08. The average Bonchev–Trinajstić information content (AvgIpc) is 2.39. The molecule has 10 heteroatoms. The molecule has 4 aliphatic carbocycles. The summed E-state index contributed by atoms with van der Waals surface area (Å²) in [5.41, 5.74) is -0.735. The fourth-order valence-corrected chi connectivity index (χ4v) is 7.52. The van der Waals surface area contributed by atoms with Gasteiger partial charge in [-0.2, -0.15) is 17.2 Å². The van der Waals surface area contributed by atoms with Crippen LogP contribution in [0.1, 0.15) is 38.5 Å². The van der Waals surface area contributed by atoms with Gasteiger partial charge in [-0.1, -0.05) is 0 Å². The lowest BCUT2D eigenvalue weighted by atomic mass is 9.48. The largest absolute Gasteiger partial charge is 0.465 e. The highest BCUT2D eigenvalue weighted by Gasteiger charge is 2.60. The van der Waals surface area contributed by atoms with Crippen LogP contribution in [0.5, 0.6) is 0 Å². The Morgan fingerprint density at radius 1 is 1.19 bits per heavy atom. The summed E-state index contributed by atoms with van der Waals surface area (Å²) >= 11 is 0. The highest BCUT2D eigenvalue weighted by Crippen LogP contribution is 2.63. The quantitative estimate of drug-likeness (QED) is 0.409. The molecular formula is C16H26F2O6SSi. The minimum atomic E-state index is -5.84. The zero-order chi connectivity index (χ0) is 19.6. The zero-order valence-electron chi connectivity index (χ0n) is 15.3. The number of hydrogen-bond acceptors (Lipinski definition) is 5. The molecule has 0 spiro atoms. The van der Waals surface area contributed by atoms with Crippen LogP contribution in [-0.2, 0) is 24.1 Å². The fraction of sp³-hybridized carbons (Fsp3) is 0.938. The van der Waals surface area contributed by atoms with Crippen LogP contribution in [0.15, 0.2) is 0 Å². The van der Waals surface area contributed by atoms with Crippen LogP contribution < -0.4 is 0 Å². The second-order valence-electron chi connectivity index (χ2n) is 9.43. The Morgan fingerprint density at radius 2 is 1.73 bits per heavy atom. The molecule has 6 nitrogen and oxygen atoms in total. The van der Waals surface area contributed by atoms with Gasteiger partial charge >= 0.3 is 21.3 Å². The van der Waals surface area contributed by atoms with E-state index in [9.17, 15) is 22.0 Å². The lowest BCUT2D eigenvalue weighted by Gasteiger charge is -2.62. The van der Waals surface area contributed by atoms with Gasteiger partial charge in [0.05, 0.1) is 12.2 Å². The maximum absolute atomic E-state index is 13.4. The van der Waals surface area contributed by atoms with Gasteiger partial charge in [-0.3, -0.25) is 4.55 Å². The second-order valence-corrected chi connectivity index (χ2v) is 15.3. The van der Waals surface area contributed by atoms with E-state index in [1.165, 1.54) is 0 Å². The SMILES string of the molecule is C[Si](C)(C)OC12CC3CC(CC(COC(=O)C(F)(F)S(=O)(=O)O)(C3)C1)C2. The first-order valence-electron chi connectivity index (χ1n) is 8.88. The van der Waals surface area contributed by atoms with Crippen LogP contribution >= 0.6 is 0 Å². The second kappa shape index (κ2) is 5.96. The molecule has 0 radical (unpaired) electrons. The maximum Gasteiger partial charge on any atom is 0.465 e. The number of rotatable bonds is 6. The molecule has 0 aromatic rings. The molecule has 26 heavy (non-hydrogen) atoms. The van der Waals surface area contributed by atoms with Crippen LogP contribution in [0, 0.1) is 17.3 Å². The van der Waals surface area contributed by atoms with E-state index in [1.54, 1.807) is 0 Å². The first-order valence-corrected chi connectivity index (χ1v) is 13.7. The molecule has 2 atom stereocenters. The van der Waals surface area contributed by atoms with E-state index < -0.39 is 35.1 Å². The zero-order valence-corrected chi connectivity index (χ0v) is 17.1. The first-order chi connectivity index (χ1) is 11.7. The maximum atomic E-state index is 13.4. The van der Waals surface area contributed by atoms with E-state index in [1.807, 2.05) is 0 Å². The van der Waals surface area contributed by atoms with Gasteiger partial charge in [0.1, 0.15) is 0 Å². The molecule has 0 saturated heterocycles. The Balaban J connectivity index is 1.75. The monoisotopic (exact) mass is 412 g/mol. The first kappa shape index (κ1) is 20.2. The van der Waals surface area contributed by atoms with Crippen molar-refractivity contribution in [2.75, 3.05) is 6.61 Å². The summed E-state index contributed by atoms with van der Waals surface area (Å²) in [5.74, 6) is -1.39. The van der Waals surface area contributed by atoms with Gasteiger partial charge in [0.25, 0.3) is 0 Å². The van der Waals surface area contributed by atoms with Crippen molar-refractivity contribution in [1.29, 1.82) is 0 Å². The third-order valence-electron chi connectivity index (χ3n) is 5.72. The minimum absolute atomic E-state index is 0.263. The van der Waals surface area contributed by atoms with E-state index >= 15 is 0 Å². The van der Waals surface area contributed by atoms with Crippen molar-refractivity contribution >= 4 is 24.4 Å². The molecule has 0 aromatic heterocycles. The van der Waals surface area contributed by atoms with Crippen molar-refractivity contribution in [2.24, 2.45) is 17.3 Å². The van der Waals surface area contributed by atoms with Crippen LogP contribution in [-0.4, -0.2) is 44.7 Å². The molecule has 1 N–H and O–H groups in total. The third kappa shape index (κ3) is 3.70. The smallest absolute Gasteiger partial charge is 0.460 e. The van der Waals surface area contributed by atoms with Crippen molar-refractivity contribution in [3.05, 3.63) is 0 Å². The predicted octanol–water partition coefficient (Wildman–Crippen LogP) is 3.20. The van der Waals surface area contributed by atoms with Gasteiger partial charge in [-0.05, 0) is 70.0 Å². The summed E-state index contributed by atoms with van der Waals surface area (Å²) in [6, 6.07) is 0. The van der Waals surface area contributed by atoms with Crippen molar-refractivity contribution in [3.8, 4) is 0 Å². The molecule has 4 rings (SSSR count). The molecule has 4 aliphatic rings. The molecule has 150 valence electrons. The van der Waals surface area contributed by atoms with E-state index in [-0.39, 0.29) is 12.2 Å². The van der Waals surface area contributed by atoms with E-state index in [4.69, 9.17) is 13.7 Å². The lowest BCUT2D eigenvalue weighted by Crippen LogP contribution is -2.60. The van der Waals surface area contributed by atoms with Crippen LogP contribution in [0.2, 0.25) is 19.6 Å². The summed E-state index contributed by atoms with van der Waals surface area (Å²) < 4.78 is 68.1. The number of alkyl halides is 2. The van der Waals surface area contributed by atoms with Gasteiger partial charge < -0.3 is 9.16 Å². The fourth-order valence-electron chi connectivity index (χ4n) is 5.71. The lowest BCUT2D eigenvalue weighted by molar-refractivity contribution is -0.189. The summed E-state index contributed by atoms with van der Waals surface area (Å²) in [6.07, 6.45) is 5.15. The number of hydrogen-bond donors (Lipinski definition) is 1. The van der Waals surface area contributed by atoms with Crippen molar-refractivity contribution in [2.45, 2.75) is 69.0 Å². The Labute approximate surface area is 153 Å². The molecule has 4 bridgehead atoms. The van der Waals surface area contributed by atoms with Crippen molar-refractivity contribution in [3.63, 3.8) is 0 Å². The number of halogens is 2. The molecule has 0 amide bonds. The summed E-state index contributed by atoms with van der Waals surface area (Å²) in [5, 5.41) is -4.94. The van der Waals surface area contributed by atoms with Crippen molar-refractivity contribution in [1.82, 2.24) is 0 Å². The summed E-state index contributed by atoms with van der Waals surface area (Å²) in [7, 11) is -7.66. The molecule has 0 aromatic carbocycles. The Morgan fingerprint density at radius 3 is 2.19 bits per heavy atom. The predicted molar refractivity (Wildman–Crippen MR) is 91.7 cm³/mol. The molecule has 0 heterocycles. The van der Waals surface area contributed by atoms with E-state index in [0.29, 0.717) is 18.3 Å². The Bertz CT molecular complexity index is 688. The Hall–Kier alpha value is -0.583. The standard InChI is InChI=1S/C16H26F2O6SSi/c1-26(2,3)24-15-7-11-4-12(8-15)6-14(5-11,9-15)10-23-13(19)16(17,18)25(20,21)22/h11-12H,4-10H2,1-3H3,(H,20,21,22). The number of esters is 1. The highest BCUT2D eigenvalue weighted by molar-refractivity contribution is 7.87. The normalized spacial score (nSPS) is 37.0. The van der Waals surface area contributed by atoms with Gasteiger partial charge in [0.2, 0.25) is 0 Å². The molecule has 4 saturated carbocycles. The van der Waals surface area contributed by atoms with Gasteiger partial charge in [0.15, 0.2) is 8.32 Å².